The number of nitrogens with one attached hydrogen (secondary N) is 2. The van der Waals surface area contributed by atoms with Crippen LogP contribution in [-0.4, -0.2) is 27.3 Å². The molecule has 0 aliphatic rings. The number of anilines is 1. The minimum atomic E-state index is -3.58. The largest absolute Gasteiger partial charge is 0.318 e. The highest BCUT2D eigenvalue weighted by molar-refractivity contribution is 9.10. The second kappa shape index (κ2) is 6.18. The molecule has 0 heterocycles. The number of benzene rings is 1. The highest BCUT2D eigenvalue weighted by Crippen LogP contribution is 2.32. The lowest BCUT2D eigenvalue weighted by Crippen LogP contribution is -2.33. The van der Waals surface area contributed by atoms with Gasteiger partial charge in [0.2, 0.25) is 10.0 Å². The number of sulfonamides is 1. The van der Waals surface area contributed by atoms with E-state index in [2.05, 4.69) is 26.0 Å². The third kappa shape index (κ3) is 3.81. The van der Waals surface area contributed by atoms with Crippen LogP contribution in [0.4, 0.5) is 10.1 Å². The van der Waals surface area contributed by atoms with E-state index in [9.17, 15) is 12.8 Å². The molecule has 18 heavy (non-hydrogen) atoms. The average molecular weight is 360 g/mol. The summed E-state index contributed by atoms with van der Waals surface area (Å²) < 4.78 is 39.5. The summed E-state index contributed by atoms with van der Waals surface area (Å²) in [4.78, 5) is 0. The van der Waals surface area contributed by atoms with Crippen molar-refractivity contribution in [2.24, 2.45) is 0 Å². The molecule has 0 aliphatic carbocycles. The number of halogens is 3. The third-order valence-corrected chi connectivity index (χ3v) is 4.91. The highest BCUT2D eigenvalue weighted by Gasteiger charge is 2.22. The molecule has 1 rings (SSSR count). The normalized spacial score (nSPS) is 13.4. The summed E-state index contributed by atoms with van der Waals surface area (Å²) in [6.45, 7) is 1.86. The first-order chi connectivity index (χ1) is 8.27. The zero-order chi connectivity index (χ0) is 13.9. The number of hydrogen-bond donors (Lipinski definition) is 2. The molecule has 0 amide bonds. The summed E-state index contributed by atoms with van der Waals surface area (Å²) in [5, 5.41) is 2.13. The molecule has 1 aromatic carbocycles. The molecule has 0 saturated carbocycles. The first kappa shape index (κ1) is 15.7. The Labute approximate surface area is 119 Å². The van der Waals surface area contributed by atoms with Crippen LogP contribution >= 0.6 is 27.5 Å². The van der Waals surface area contributed by atoms with Crippen molar-refractivity contribution in [3.63, 3.8) is 0 Å². The Bertz CT molecular complexity index is 516. The number of hydrogen-bond acceptors (Lipinski definition) is 3. The van der Waals surface area contributed by atoms with Crippen molar-refractivity contribution in [2.75, 3.05) is 18.3 Å². The highest BCUT2D eigenvalue weighted by atomic mass is 79.9. The van der Waals surface area contributed by atoms with Gasteiger partial charge in [0.05, 0.1) is 16.0 Å². The molecule has 0 fully saturated rings. The second-order valence-electron chi connectivity index (χ2n) is 3.76. The maximum Gasteiger partial charge on any atom is 0.236 e. The van der Waals surface area contributed by atoms with Gasteiger partial charge in [0.15, 0.2) is 0 Å². The van der Waals surface area contributed by atoms with E-state index in [-0.39, 0.29) is 15.2 Å². The van der Waals surface area contributed by atoms with E-state index in [1.807, 2.05) is 0 Å². The summed E-state index contributed by atoms with van der Waals surface area (Å²) in [7, 11) is -1.92. The van der Waals surface area contributed by atoms with E-state index in [4.69, 9.17) is 11.6 Å². The fourth-order valence-electron chi connectivity index (χ4n) is 1.28. The van der Waals surface area contributed by atoms with E-state index >= 15 is 0 Å². The Hall–Kier alpha value is -0.370. The van der Waals surface area contributed by atoms with Gasteiger partial charge >= 0.3 is 0 Å². The average Bonchev–Trinajstić information content (AvgIpc) is 2.23. The molecule has 0 aliphatic heterocycles. The zero-order valence-electron chi connectivity index (χ0n) is 9.80. The summed E-state index contributed by atoms with van der Waals surface area (Å²) in [5.41, 5.74) is 0.140. The van der Waals surface area contributed by atoms with Gasteiger partial charge in [0, 0.05) is 11.0 Å². The predicted molar refractivity (Wildman–Crippen MR) is 75.0 cm³/mol. The Morgan fingerprint density at radius 3 is 2.61 bits per heavy atom. The van der Waals surface area contributed by atoms with E-state index in [1.165, 1.54) is 0 Å². The quantitative estimate of drug-likeness (QED) is 0.849. The van der Waals surface area contributed by atoms with Gasteiger partial charge in [-0.15, -0.1) is 0 Å². The van der Waals surface area contributed by atoms with Gasteiger partial charge in [0.25, 0.3) is 0 Å². The van der Waals surface area contributed by atoms with Gasteiger partial charge < -0.3 is 5.32 Å². The van der Waals surface area contributed by atoms with Crippen molar-refractivity contribution in [3.05, 3.63) is 27.4 Å². The van der Waals surface area contributed by atoms with Crippen LogP contribution in [0.15, 0.2) is 16.6 Å². The zero-order valence-corrected chi connectivity index (χ0v) is 13.0. The molecule has 0 aromatic heterocycles. The van der Waals surface area contributed by atoms with E-state index < -0.39 is 21.1 Å². The van der Waals surface area contributed by atoms with Crippen molar-refractivity contribution in [2.45, 2.75) is 12.2 Å². The standard InChI is InChI=1S/C10H13BrClFN2O2S/c1-6(5-14-2)18(16,17)15-10-8(11)3-7(13)4-9(10)12/h3-4,6,14-15H,5H2,1-2H3. The molecule has 1 atom stereocenters. The SMILES string of the molecule is CNCC(C)S(=O)(=O)Nc1c(Cl)cc(F)cc1Br. The molecule has 1 unspecified atom stereocenters. The molecule has 4 nitrogen and oxygen atoms in total. The van der Waals surface area contributed by atoms with Crippen molar-refractivity contribution in [3.8, 4) is 0 Å². The van der Waals surface area contributed by atoms with Gasteiger partial charge in [-0.05, 0) is 42.0 Å². The summed E-state index contributed by atoms with van der Waals surface area (Å²) in [5.74, 6) is -0.543. The molecule has 1 aromatic rings. The topological polar surface area (TPSA) is 58.2 Å². The molecule has 8 heteroatoms. The Morgan fingerprint density at radius 2 is 2.11 bits per heavy atom. The monoisotopic (exact) mass is 358 g/mol. The smallest absolute Gasteiger partial charge is 0.236 e. The fraction of sp³-hybridized carbons (Fsp3) is 0.400. The molecular formula is C10H13BrClFN2O2S. The van der Waals surface area contributed by atoms with E-state index in [0.717, 1.165) is 12.1 Å². The van der Waals surface area contributed by atoms with Crippen LogP contribution in [0.25, 0.3) is 0 Å². The Balaban J connectivity index is 3.05. The second-order valence-corrected chi connectivity index (χ2v) is 7.12. The molecule has 0 saturated heterocycles. The van der Waals surface area contributed by atoms with Crippen molar-refractivity contribution < 1.29 is 12.8 Å². The van der Waals surface area contributed by atoms with Crippen LogP contribution in [0.2, 0.25) is 5.02 Å². The van der Waals surface area contributed by atoms with Crippen LogP contribution in [-0.2, 0) is 10.0 Å². The molecule has 0 bridgehead atoms. The molecular weight excluding hydrogens is 347 g/mol. The Kier molecular flexibility index (Phi) is 5.39. The maximum atomic E-state index is 13.0. The third-order valence-electron chi connectivity index (χ3n) is 2.27. The van der Waals surface area contributed by atoms with Gasteiger partial charge in [-0.25, -0.2) is 12.8 Å². The summed E-state index contributed by atoms with van der Waals surface area (Å²) in [6, 6.07) is 2.19. The Morgan fingerprint density at radius 1 is 1.50 bits per heavy atom. The van der Waals surface area contributed by atoms with Gasteiger partial charge in [-0.2, -0.15) is 0 Å². The predicted octanol–water partition coefficient (Wildman–Crippen LogP) is 2.59. The van der Waals surface area contributed by atoms with Crippen LogP contribution in [0.3, 0.4) is 0 Å². The lowest BCUT2D eigenvalue weighted by Gasteiger charge is -2.16. The fourth-order valence-corrected chi connectivity index (χ4v) is 3.46. The van der Waals surface area contributed by atoms with Crippen LogP contribution in [0.5, 0.6) is 0 Å². The minimum absolute atomic E-state index is 0.00195. The lowest BCUT2D eigenvalue weighted by molar-refractivity contribution is 0.583. The maximum absolute atomic E-state index is 13.0. The van der Waals surface area contributed by atoms with Gasteiger partial charge in [-0.1, -0.05) is 11.6 Å². The van der Waals surface area contributed by atoms with Crippen LogP contribution in [0.1, 0.15) is 6.92 Å². The minimum Gasteiger partial charge on any atom is -0.318 e. The van der Waals surface area contributed by atoms with E-state index in [0.29, 0.717) is 6.54 Å². The number of rotatable bonds is 5. The first-order valence-electron chi connectivity index (χ1n) is 5.08. The van der Waals surface area contributed by atoms with Crippen LogP contribution in [0, 0.1) is 5.82 Å². The molecule has 2 N–H and O–H groups in total. The first-order valence-corrected chi connectivity index (χ1v) is 7.80. The molecule has 0 spiro atoms. The lowest BCUT2D eigenvalue weighted by atomic mass is 10.3. The molecule has 0 radical (unpaired) electrons. The van der Waals surface area contributed by atoms with Gasteiger partial charge in [-0.3, -0.25) is 4.72 Å². The van der Waals surface area contributed by atoms with Gasteiger partial charge in [0.1, 0.15) is 5.82 Å². The van der Waals surface area contributed by atoms with Crippen molar-refractivity contribution >= 4 is 43.2 Å². The van der Waals surface area contributed by atoms with E-state index in [1.54, 1.807) is 14.0 Å². The van der Waals surface area contributed by atoms with Crippen molar-refractivity contribution in [1.82, 2.24) is 5.32 Å². The molecule has 102 valence electrons. The van der Waals surface area contributed by atoms with Crippen molar-refractivity contribution in [1.29, 1.82) is 0 Å². The summed E-state index contributed by atoms with van der Waals surface area (Å²) in [6.07, 6.45) is 0. The summed E-state index contributed by atoms with van der Waals surface area (Å²) >= 11 is 8.88. The van der Waals surface area contributed by atoms with Crippen LogP contribution < -0.4 is 10.0 Å².